The summed E-state index contributed by atoms with van der Waals surface area (Å²) in [4.78, 5) is 0. The summed E-state index contributed by atoms with van der Waals surface area (Å²) in [6.07, 6.45) is 0.972. The minimum Gasteiger partial charge on any atom is -0.324 e. The fourth-order valence-corrected chi connectivity index (χ4v) is 3.06. The van der Waals surface area contributed by atoms with E-state index in [9.17, 15) is 4.39 Å². The van der Waals surface area contributed by atoms with Crippen molar-refractivity contribution >= 4 is 23.4 Å². The zero-order chi connectivity index (χ0) is 14.5. The molecule has 0 aliphatic carbocycles. The van der Waals surface area contributed by atoms with Crippen molar-refractivity contribution in [2.75, 3.05) is 0 Å². The van der Waals surface area contributed by atoms with Gasteiger partial charge in [0.1, 0.15) is 11.6 Å². The van der Waals surface area contributed by atoms with Crippen molar-refractivity contribution in [2.24, 2.45) is 5.73 Å². The summed E-state index contributed by atoms with van der Waals surface area (Å²) in [6.45, 7) is 3.26. The predicted molar refractivity (Wildman–Crippen MR) is 79.2 cm³/mol. The van der Waals surface area contributed by atoms with E-state index in [0.717, 1.165) is 29.5 Å². The number of rotatable bonds is 6. The van der Waals surface area contributed by atoms with Gasteiger partial charge in [0.2, 0.25) is 0 Å². The van der Waals surface area contributed by atoms with E-state index >= 15 is 0 Å². The molecule has 20 heavy (non-hydrogen) atoms. The van der Waals surface area contributed by atoms with Gasteiger partial charge >= 0.3 is 0 Å². The van der Waals surface area contributed by atoms with E-state index in [-0.39, 0.29) is 5.82 Å². The number of aromatic nitrogens is 3. The lowest BCUT2D eigenvalue weighted by molar-refractivity contribution is 0.592. The lowest BCUT2D eigenvalue weighted by Crippen LogP contribution is -2.09. The first kappa shape index (κ1) is 15.3. The van der Waals surface area contributed by atoms with Gasteiger partial charge in [0.05, 0.1) is 6.54 Å². The molecule has 0 atom stereocenters. The van der Waals surface area contributed by atoms with Crippen molar-refractivity contribution in [2.45, 2.75) is 37.3 Å². The molecule has 2 N–H and O–H groups in total. The summed E-state index contributed by atoms with van der Waals surface area (Å²) in [5, 5.41) is 9.54. The molecule has 0 aliphatic rings. The molecule has 4 nitrogen and oxygen atoms in total. The first-order valence-corrected chi connectivity index (χ1v) is 7.71. The van der Waals surface area contributed by atoms with Crippen LogP contribution in [0.5, 0.6) is 0 Å². The molecule has 1 heterocycles. The fourth-order valence-electron chi connectivity index (χ4n) is 1.82. The first-order valence-electron chi connectivity index (χ1n) is 6.34. The lowest BCUT2D eigenvalue weighted by Gasteiger charge is -2.08. The number of nitrogens with zero attached hydrogens (tertiary/aromatic N) is 3. The molecular formula is C13H16ClFN4S. The summed E-state index contributed by atoms with van der Waals surface area (Å²) in [7, 11) is 0. The van der Waals surface area contributed by atoms with E-state index in [1.165, 1.54) is 23.9 Å². The molecule has 0 aliphatic heterocycles. The monoisotopic (exact) mass is 314 g/mol. The smallest absolute Gasteiger partial charge is 0.191 e. The Labute approximate surface area is 126 Å². The SMILES string of the molecule is CCCn1c(CN)nnc1SCc1cc(F)ccc1Cl. The Hall–Kier alpha value is -1.11. The second-order valence-corrected chi connectivity index (χ2v) is 5.63. The minimum absolute atomic E-state index is 0.289. The van der Waals surface area contributed by atoms with E-state index < -0.39 is 0 Å². The van der Waals surface area contributed by atoms with Crippen molar-refractivity contribution < 1.29 is 4.39 Å². The Bertz CT molecular complexity index is 588. The van der Waals surface area contributed by atoms with Gasteiger partial charge in [-0.25, -0.2) is 4.39 Å². The van der Waals surface area contributed by atoms with Gasteiger partial charge in [0, 0.05) is 17.3 Å². The van der Waals surface area contributed by atoms with Gasteiger partial charge in [-0.05, 0) is 30.2 Å². The highest BCUT2D eigenvalue weighted by Gasteiger charge is 2.12. The summed E-state index contributed by atoms with van der Waals surface area (Å²) in [6, 6.07) is 4.36. The quantitative estimate of drug-likeness (QED) is 0.832. The average Bonchev–Trinajstić information content (AvgIpc) is 2.82. The van der Waals surface area contributed by atoms with E-state index in [4.69, 9.17) is 17.3 Å². The molecule has 7 heteroatoms. The number of halogens is 2. The van der Waals surface area contributed by atoms with Gasteiger partial charge in [-0.15, -0.1) is 10.2 Å². The van der Waals surface area contributed by atoms with Crippen LogP contribution in [0.2, 0.25) is 5.02 Å². The van der Waals surface area contributed by atoms with Gasteiger partial charge < -0.3 is 10.3 Å². The molecule has 1 aromatic carbocycles. The zero-order valence-corrected chi connectivity index (χ0v) is 12.7. The zero-order valence-electron chi connectivity index (χ0n) is 11.1. The number of hydrogen-bond donors (Lipinski definition) is 1. The Morgan fingerprint density at radius 3 is 2.90 bits per heavy atom. The lowest BCUT2D eigenvalue weighted by atomic mass is 10.2. The maximum absolute atomic E-state index is 13.2. The van der Waals surface area contributed by atoms with Crippen molar-refractivity contribution in [3.63, 3.8) is 0 Å². The van der Waals surface area contributed by atoms with Crippen LogP contribution in [0.15, 0.2) is 23.4 Å². The third-order valence-electron chi connectivity index (χ3n) is 2.79. The van der Waals surface area contributed by atoms with Crippen LogP contribution >= 0.6 is 23.4 Å². The van der Waals surface area contributed by atoms with E-state index in [2.05, 4.69) is 17.1 Å². The molecule has 0 fully saturated rings. The van der Waals surface area contributed by atoms with E-state index in [0.29, 0.717) is 17.3 Å². The van der Waals surface area contributed by atoms with E-state index in [1.807, 2.05) is 4.57 Å². The van der Waals surface area contributed by atoms with Crippen LogP contribution in [-0.4, -0.2) is 14.8 Å². The molecule has 0 radical (unpaired) electrons. The maximum atomic E-state index is 13.2. The molecular weight excluding hydrogens is 299 g/mol. The molecule has 0 saturated heterocycles. The molecule has 1 aromatic heterocycles. The molecule has 2 aromatic rings. The molecule has 0 saturated carbocycles. The van der Waals surface area contributed by atoms with Crippen molar-refractivity contribution in [3.05, 3.63) is 40.4 Å². The van der Waals surface area contributed by atoms with Gasteiger partial charge in [-0.1, -0.05) is 30.3 Å². The third-order valence-corrected chi connectivity index (χ3v) is 4.17. The van der Waals surface area contributed by atoms with Crippen molar-refractivity contribution in [1.82, 2.24) is 14.8 Å². The van der Waals surface area contributed by atoms with Gasteiger partial charge in [0.15, 0.2) is 5.16 Å². The summed E-state index contributed by atoms with van der Waals surface area (Å²) >= 11 is 7.53. The number of benzene rings is 1. The molecule has 2 rings (SSSR count). The van der Waals surface area contributed by atoms with Crippen LogP contribution in [-0.2, 0) is 18.8 Å². The Balaban J connectivity index is 2.14. The highest BCUT2D eigenvalue weighted by molar-refractivity contribution is 7.98. The van der Waals surface area contributed by atoms with Gasteiger partial charge in [-0.3, -0.25) is 0 Å². The molecule has 0 bridgehead atoms. The normalized spacial score (nSPS) is 11.0. The van der Waals surface area contributed by atoms with Crippen LogP contribution in [0.4, 0.5) is 4.39 Å². The summed E-state index contributed by atoms with van der Waals surface area (Å²) < 4.78 is 15.2. The fraction of sp³-hybridized carbons (Fsp3) is 0.385. The Morgan fingerprint density at radius 2 is 2.20 bits per heavy atom. The number of nitrogens with two attached hydrogens (primary N) is 1. The van der Waals surface area contributed by atoms with E-state index in [1.54, 1.807) is 6.07 Å². The Morgan fingerprint density at radius 1 is 1.40 bits per heavy atom. The average molecular weight is 315 g/mol. The maximum Gasteiger partial charge on any atom is 0.191 e. The number of hydrogen-bond acceptors (Lipinski definition) is 4. The molecule has 108 valence electrons. The largest absolute Gasteiger partial charge is 0.324 e. The third kappa shape index (κ3) is 3.50. The predicted octanol–water partition coefficient (Wildman–Crippen LogP) is 3.23. The molecule has 0 spiro atoms. The van der Waals surface area contributed by atoms with Crippen LogP contribution in [0.25, 0.3) is 0 Å². The van der Waals surface area contributed by atoms with Crippen molar-refractivity contribution in [3.8, 4) is 0 Å². The first-order chi connectivity index (χ1) is 9.65. The standard InChI is InChI=1S/C13H16ClFN4S/c1-2-5-19-12(7-16)17-18-13(19)20-8-9-6-10(15)3-4-11(9)14/h3-4,6H,2,5,7-8,16H2,1H3. The summed E-state index contributed by atoms with van der Waals surface area (Å²) in [5.74, 6) is 1.02. The second kappa shape index (κ2) is 7.06. The minimum atomic E-state index is -0.289. The summed E-state index contributed by atoms with van der Waals surface area (Å²) in [5.41, 5.74) is 6.39. The van der Waals surface area contributed by atoms with Gasteiger partial charge in [0.25, 0.3) is 0 Å². The molecule has 0 unspecified atom stereocenters. The van der Waals surface area contributed by atoms with Crippen LogP contribution in [0, 0.1) is 5.82 Å². The van der Waals surface area contributed by atoms with Gasteiger partial charge in [-0.2, -0.15) is 0 Å². The second-order valence-electron chi connectivity index (χ2n) is 4.28. The highest BCUT2D eigenvalue weighted by atomic mass is 35.5. The number of thioether (sulfide) groups is 1. The van der Waals surface area contributed by atoms with Crippen molar-refractivity contribution in [1.29, 1.82) is 0 Å². The van der Waals surface area contributed by atoms with Crippen LogP contribution < -0.4 is 5.73 Å². The molecule has 0 amide bonds. The highest BCUT2D eigenvalue weighted by Crippen LogP contribution is 2.26. The topological polar surface area (TPSA) is 56.7 Å². The van der Waals surface area contributed by atoms with Crippen LogP contribution in [0.1, 0.15) is 24.7 Å². The Kier molecular flexibility index (Phi) is 5.39. The van der Waals surface area contributed by atoms with Crippen LogP contribution in [0.3, 0.4) is 0 Å².